The van der Waals surface area contributed by atoms with Gasteiger partial charge in [0.2, 0.25) is 5.43 Å². The lowest BCUT2D eigenvalue weighted by Gasteiger charge is -2.18. The highest BCUT2D eigenvalue weighted by Gasteiger charge is 2.28. The summed E-state index contributed by atoms with van der Waals surface area (Å²) >= 11 is 0. The van der Waals surface area contributed by atoms with Gasteiger partial charge in [-0.1, -0.05) is 24.3 Å². The number of aromatic nitrogens is 2. The summed E-state index contributed by atoms with van der Waals surface area (Å²) in [6.07, 6.45) is 0.465. The summed E-state index contributed by atoms with van der Waals surface area (Å²) in [6, 6.07) is 13.0. The third-order valence-electron chi connectivity index (χ3n) is 5.46. The molecule has 34 heavy (non-hydrogen) atoms. The van der Waals surface area contributed by atoms with E-state index in [1.807, 2.05) is 0 Å². The van der Waals surface area contributed by atoms with E-state index in [9.17, 15) is 23.5 Å². The van der Waals surface area contributed by atoms with Gasteiger partial charge in [-0.25, -0.2) is 8.78 Å². The van der Waals surface area contributed by atoms with Crippen LogP contribution < -0.4 is 15.5 Å². The lowest BCUT2D eigenvalue weighted by Crippen LogP contribution is -2.26. The highest BCUT2D eigenvalue weighted by molar-refractivity contribution is 6.04. The summed E-state index contributed by atoms with van der Waals surface area (Å²) in [5.41, 5.74) is -0.445. The SMILES string of the molecule is CC(C)(O)c1ccc(NC(=O)c2cn(C3CC3)nc(-c3ccccc3OCC(F)F)c2=O)cc1. The smallest absolute Gasteiger partial charge is 0.272 e. The Morgan fingerprint density at radius 1 is 1.21 bits per heavy atom. The van der Waals surface area contributed by atoms with Crippen LogP contribution in [0.25, 0.3) is 11.3 Å². The van der Waals surface area contributed by atoms with Gasteiger partial charge in [0.25, 0.3) is 12.3 Å². The molecule has 1 saturated carbocycles. The van der Waals surface area contributed by atoms with Gasteiger partial charge >= 0.3 is 0 Å². The summed E-state index contributed by atoms with van der Waals surface area (Å²) in [5, 5.41) is 17.2. The normalized spacial score (nSPS) is 13.7. The number of ether oxygens (including phenoxy) is 1. The molecule has 0 radical (unpaired) electrons. The Bertz CT molecular complexity index is 1250. The van der Waals surface area contributed by atoms with E-state index in [1.54, 1.807) is 61.0 Å². The number of amides is 1. The Labute approximate surface area is 195 Å². The summed E-state index contributed by atoms with van der Waals surface area (Å²) in [6.45, 7) is 2.49. The molecule has 7 nitrogen and oxygen atoms in total. The number of hydrogen-bond acceptors (Lipinski definition) is 5. The van der Waals surface area contributed by atoms with Crippen LogP contribution >= 0.6 is 0 Å². The molecule has 0 spiro atoms. The van der Waals surface area contributed by atoms with Crippen molar-refractivity contribution in [3.05, 3.63) is 76.1 Å². The van der Waals surface area contributed by atoms with Gasteiger partial charge in [-0.2, -0.15) is 5.10 Å². The summed E-state index contributed by atoms with van der Waals surface area (Å²) in [7, 11) is 0. The third kappa shape index (κ3) is 5.31. The number of nitrogens with one attached hydrogen (secondary N) is 1. The van der Waals surface area contributed by atoms with Crippen LogP contribution in [-0.4, -0.2) is 33.8 Å². The molecule has 9 heteroatoms. The van der Waals surface area contributed by atoms with E-state index in [2.05, 4.69) is 10.4 Å². The molecule has 0 unspecified atom stereocenters. The summed E-state index contributed by atoms with van der Waals surface area (Å²) in [5.74, 6) is -0.528. The third-order valence-corrected chi connectivity index (χ3v) is 5.46. The van der Waals surface area contributed by atoms with Gasteiger partial charge < -0.3 is 15.2 Å². The molecule has 1 aromatic heterocycles. The van der Waals surface area contributed by atoms with Gasteiger partial charge in [0.1, 0.15) is 23.6 Å². The fourth-order valence-corrected chi connectivity index (χ4v) is 3.47. The molecular weight excluding hydrogens is 444 g/mol. The molecule has 0 atom stereocenters. The number of hydrogen-bond donors (Lipinski definition) is 2. The second-order valence-corrected chi connectivity index (χ2v) is 8.72. The van der Waals surface area contributed by atoms with Crippen LogP contribution in [0.15, 0.2) is 59.5 Å². The molecule has 1 heterocycles. The van der Waals surface area contributed by atoms with Crippen LogP contribution in [0.4, 0.5) is 14.5 Å². The minimum atomic E-state index is -2.68. The van der Waals surface area contributed by atoms with Gasteiger partial charge in [-0.05, 0) is 56.5 Å². The van der Waals surface area contributed by atoms with Crippen LogP contribution in [0, 0.1) is 0 Å². The van der Waals surface area contributed by atoms with Crippen molar-refractivity contribution in [3.8, 4) is 17.0 Å². The van der Waals surface area contributed by atoms with E-state index < -0.39 is 30.0 Å². The molecular formula is C25H25F2N3O4. The van der Waals surface area contributed by atoms with Crippen molar-refractivity contribution < 1.29 is 23.4 Å². The summed E-state index contributed by atoms with van der Waals surface area (Å²) < 4.78 is 32.2. The molecule has 1 amide bonds. The molecule has 2 aromatic carbocycles. The molecule has 1 aliphatic carbocycles. The first-order valence-electron chi connectivity index (χ1n) is 10.9. The zero-order valence-corrected chi connectivity index (χ0v) is 18.8. The predicted octanol–water partition coefficient (Wildman–Crippen LogP) is 4.37. The quantitative estimate of drug-likeness (QED) is 0.511. The Morgan fingerprint density at radius 3 is 2.50 bits per heavy atom. The van der Waals surface area contributed by atoms with Crippen molar-refractivity contribution in [3.63, 3.8) is 0 Å². The molecule has 1 fully saturated rings. The van der Waals surface area contributed by atoms with Crippen molar-refractivity contribution in [1.29, 1.82) is 0 Å². The van der Waals surface area contributed by atoms with Crippen LogP contribution in [0.5, 0.6) is 5.75 Å². The van der Waals surface area contributed by atoms with E-state index in [1.165, 1.54) is 12.3 Å². The average molecular weight is 469 g/mol. The second-order valence-electron chi connectivity index (χ2n) is 8.72. The lowest BCUT2D eigenvalue weighted by atomic mass is 9.98. The molecule has 0 saturated heterocycles. The fraction of sp³-hybridized carbons (Fsp3) is 0.320. The number of rotatable bonds is 8. The standard InChI is InChI=1S/C25H25F2N3O4/c1-25(2,33)15-7-9-16(10-8-15)28-24(32)19-13-30(17-11-12-17)29-22(23(19)31)18-5-3-4-6-20(18)34-14-21(26)27/h3-10,13,17,21,33H,11-12,14H2,1-2H3,(H,28,32). The zero-order chi connectivity index (χ0) is 24.5. The minimum Gasteiger partial charge on any atom is -0.487 e. The molecule has 3 aromatic rings. The molecule has 4 rings (SSSR count). The van der Waals surface area contributed by atoms with E-state index >= 15 is 0 Å². The number of nitrogens with zero attached hydrogens (tertiary/aromatic N) is 2. The number of para-hydroxylation sites is 1. The Hall–Kier alpha value is -3.59. The Balaban J connectivity index is 1.70. The summed E-state index contributed by atoms with van der Waals surface area (Å²) in [4.78, 5) is 26.4. The van der Waals surface area contributed by atoms with Gasteiger partial charge in [-0.15, -0.1) is 0 Å². The Morgan fingerprint density at radius 2 is 1.88 bits per heavy atom. The number of halogens is 2. The highest BCUT2D eigenvalue weighted by atomic mass is 19.3. The van der Waals surface area contributed by atoms with E-state index in [0.29, 0.717) is 11.3 Å². The van der Waals surface area contributed by atoms with Crippen molar-refractivity contribution in [2.24, 2.45) is 0 Å². The number of carbonyl (C=O) groups is 1. The lowest BCUT2D eigenvalue weighted by molar-refractivity contribution is 0.0786. The minimum absolute atomic E-state index is 0.0400. The maximum absolute atomic E-state index is 13.3. The molecule has 0 aliphatic heterocycles. The fourth-order valence-electron chi connectivity index (χ4n) is 3.47. The first-order chi connectivity index (χ1) is 16.1. The molecule has 2 N–H and O–H groups in total. The van der Waals surface area contributed by atoms with Gasteiger partial charge in [0.05, 0.1) is 11.6 Å². The first kappa shape index (κ1) is 23.6. The van der Waals surface area contributed by atoms with Gasteiger partial charge in [0.15, 0.2) is 0 Å². The topological polar surface area (TPSA) is 93.5 Å². The predicted molar refractivity (Wildman–Crippen MR) is 123 cm³/mol. The van der Waals surface area contributed by atoms with Gasteiger partial charge in [0, 0.05) is 17.4 Å². The molecule has 1 aliphatic rings. The maximum Gasteiger partial charge on any atom is 0.272 e. The monoisotopic (exact) mass is 469 g/mol. The van der Waals surface area contributed by atoms with E-state index in [4.69, 9.17) is 4.74 Å². The van der Waals surface area contributed by atoms with Crippen LogP contribution in [0.1, 0.15) is 48.7 Å². The van der Waals surface area contributed by atoms with Crippen LogP contribution in [0.3, 0.4) is 0 Å². The van der Waals surface area contributed by atoms with Crippen LogP contribution in [-0.2, 0) is 5.60 Å². The highest BCUT2D eigenvalue weighted by Crippen LogP contribution is 2.35. The largest absolute Gasteiger partial charge is 0.487 e. The molecule has 178 valence electrons. The Kier molecular flexibility index (Phi) is 6.47. The number of aliphatic hydroxyl groups is 1. The number of carbonyl (C=O) groups excluding carboxylic acids is 1. The van der Waals surface area contributed by atoms with Crippen molar-refractivity contribution in [2.45, 2.75) is 44.8 Å². The van der Waals surface area contributed by atoms with E-state index in [-0.39, 0.29) is 28.6 Å². The van der Waals surface area contributed by atoms with Crippen molar-refractivity contribution in [1.82, 2.24) is 9.78 Å². The number of alkyl halides is 2. The first-order valence-corrected chi connectivity index (χ1v) is 10.9. The average Bonchev–Trinajstić information content (AvgIpc) is 3.63. The van der Waals surface area contributed by atoms with Crippen molar-refractivity contribution in [2.75, 3.05) is 11.9 Å². The second kappa shape index (κ2) is 9.34. The molecule has 0 bridgehead atoms. The van der Waals surface area contributed by atoms with Crippen molar-refractivity contribution >= 4 is 11.6 Å². The van der Waals surface area contributed by atoms with Crippen LogP contribution in [0.2, 0.25) is 0 Å². The van der Waals surface area contributed by atoms with E-state index in [0.717, 1.165) is 12.8 Å². The number of benzene rings is 2. The van der Waals surface area contributed by atoms with Gasteiger partial charge in [-0.3, -0.25) is 14.3 Å². The zero-order valence-electron chi connectivity index (χ0n) is 18.8. The maximum atomic E-state index is 13.3. The number of anilines is 1.